The van der Waals surface area contributed by atoms with Crippen molar-refractivity contribution in [2.75, 3.05) is 46.0 Å². The molecule has 3 fully saturated rings. The lowest BCUT2D eigenvalue weighted by atomic mass is 9.82. The molecule has 0 amide bonds. The summed E-state index contributed by atoms with van der Waals surface area (Å²) in [6.45, 7) is 8.94. The molecule has 1 unspecified atom stereocenters. The molecule has 0 N–H and O–H groups in total. The summed E-state index contributed by atoms with van der Waals surface area (Å²) in [5.74, 6) is 0. The van der Waals surface area contributed by atoms with Crippen LogP contribution in [0.15, 0.2) is 4.90 Å². The molecule has 1 spiro atoms. The van der Waals surface area contributed by atoms with Gasteiger partial charge in [-0.2, -0.15) is 9.40 Å². The third-order valence-corrected chi connectivity index (χ3v) is 8.85. The van der Waals surface area contributed by atoms with Gasteiger partial charge in [0.25, 0.3) is 0 Å². The molecular formula is C19H32N4O4S. The fraction of sp³-hybridized carbons (Fsp3) is 0.842. The quantitative estimate of drug-likeness (QED) is 0.739. The summed E-state index contributed by atoms with van der Waals surface area (Å²) in [6, 6.07) is 0.517. The van der Waals surface area contributed by atoms with Gasteiger partial charge in [0.2, 0.25) is 10.0 Å². The van der Waals surface area contributed by atoms with Gasteiger partial charge in [-0.25, -0.2) is 8.42 Å². The van der Waals surface area contributed by atoms with E-state index in [0.717, 1.165) is 58.6 Å². The summed E-state index contributed by atoms with van der Waals surface area (Å²) in [5, 5.41) is 4.29. The summed E-state index contributed by atoms with van der Waals surface area (Å²) < 4.78 is 41.5. The Morgan fingerprint density at radius 1 is 1.07 bits per heavy atom. The molecule has 3 aliphatic rings. The standard InChI is InChI=1S/C19H32N4O4S/c1-15-18(16(2)21(3)20-15)28(24,25)23-7-5-19(6-8-23)14-17(4-11-27-19)22-9-12-26-13-10-22/h17H,4-14H2,1-3H3. The lowest BCUT2D eigenvalue weighted by Crippen LogP contribution is -2.55. The third-order valence-electron chi connectivity index (χ3n) is 6.70. The molecule has 0 bridgehead atoms. The Kier molecular flexibility index (Phi) is 5.56. The number of hydrogen-bond acceptors (Lipinski definition) is 6. The Morgan fingerprint density at radius 3 is 2.36 bits per heavy atom. The number of piperidine rings is 1. The molecule has 3 aliphatic heterocycles. The SMILES string of the molecule is Cc1nn(C)c(C)c1S(=O)(=O)N1CCC2(CC1)CC(N1CCOCC1)CCO2. The van der Waals surface area contributed by atoms with Gasteiger partial charge in [-0.05, 0) is 39.5 Å². The van der Waals surface area contributed by atoms with Crippen LogP contribution in [0.4, 0.5) is 0 Å². The zero-order valence-electron chi connectivity index (χ0n) is 17.2. The summed E-state index contributed by atoms with van der Waals surface area (Å²) in [5.41, 5.74) is 1.08. The minimum atomic E-state index is -3.52. The van der Waals surface area contributed by atoms with Crippen molar-refractivity contribution in [3.8, 4) is 0 Å². The molecule has 158 valence electrons. The zero-order chi connectivity index (χ0) is 19.9. The van der Waals surface area contributed by atoms with Crippen LogP contribution in [0.25, 0.3) is 0 Å². The van der Waals surface area contributed by atoms with Gasteiger partial charge in [0.05, 0.1) is 30.2 Å². The number of rotatable bonds is 3. The predicted molar refractivity (Wildman–Crippen MR) is 105 cm³/mol. The van der Waals surface area contributed by atoms with E-state index in [-0.39, 0.29) is 5.60 Å². The van der Waals surface area contributed by atoms with E-state index in [2.05, 4.69) is 10.00 Å². The lowest BCUT2D eigenvalue weighted by Gasteiger charge is -2.48. The van der Waals surface area contributed by atoms with Crippen LogP contribution in [0.3, 0.4) is 0 Å². The Bertz CT molecular complexity index is 808. The van der Waals surface area contributed by atoms with Crippen molar-refractivity contribution in [3.05, 3.63) is 11.4 Å². The number of sulfonamides is 1. The topological polar surface area (TPSA) is 76.9 Å². The van der Waals surface area contributed by atoms with Crippen LogP contribution < -0.4 is 0 Å². The summed E-state index contributed by atoms with van der Waals surface area (Å²) in [4.78, 5) is 2.89. The zero-order valence-corrected chi connectivity index (χ0v) is 18.0. The van der Waals surface area contributed by atoms with Crippen molar-refractivity contribution in [1.29, 1.82) is 0 Å². The first-order chi connectivity index (χ1) is 13.3. The maximum absolute atomic E-state index is 13.2. The monoisotopic (exact) mass is 412 g/mol. The predicted octanol–water partition coefficient (Wildman–Crippen LogP) is 1.07. The molecule has 4 heterocycles. The Morgan fingerprint density at radius 2 is 1.75 bits per heavy atom. The van der Waals surface area contributed by atoms with Crippen molar-refractivity contribution < 1.29 is 17.9 Å². The molecule has 0 radical (unpaired) electrons. The van der Waals surface area contributed by atoms with Gasteiger partial charge in [-0.1, -0.05) is 0 Å². The van der Waals surface area contributed by atoms with Gasteiger partial charge >= 0.3 is 0 Å². The van der Waals surface area contributed by atoms with E-state index < -0.39 is 10.0 Å². The van der Waals surface area contributed by atoms with Gasteiger partial charge in [0.1, 0.15) is 4.90 Å². The van der Waals surface area contributed by atoms with Crippen LogP contribution >= 0.6 is 0 Å². The number of aromatic nitrogens is 2. The summed E-state index contributed by atoms with van der Waals surface area (Å²) >= 11 is 0. The first kappa shape index (κ1) is 20.3. The van der Waals surface area contributed by atoms with E-state index in [9.17, 15) is 8.42 Å². The minimum absolute atomic E-state index is 0.188. The van der Waals surface area contributed by atoms with E-state index in [1.54, 1.807) is 23.0 Å². The third kappa shape index (κ3) is 3.63. The van der Waals surface area contributed by atoms with Crippen molar-refractivity contribution in [2.45, 2.75) is 56.1 Å². The normalized spacial score (nSPS) is 27.3. The number of nitrogens with zero attached hydrogens (tertiary/aromatic N) is 4. The molecule has 9 heteroatoms. The van der Waals surface area contributed by atoms with Crippen LogP contribution in [0.2, 0.25) is 0 Å². The lowest BCUT2D eigenvalue weighted by molar-refractivity contribution is -0.133. The largest absolute Gasteiger partial charge is 0.379 e. The average molecular weight is 413 g/mol. The minimum Gasteiger partial charge on any atom is -0.379 e. The number of morpholine rings is 1. The first-order valence-corrected chi connectivity index (χ1v) is 11.7. The van der Waals surface area contributed by atoms with E-state index in [0.29, 0.717) is 35.4 Å². The fourth-order valence-electron chi connectivity index (χ4n) is 5.00. The van der Waals surface area contributed by atoms with Crippen molar-refractivity contribution in [3.63, 3.8) is 0 Å². The van der Waals surface area contributed by atoms with Gasteiger partial charge in [-0.3, -0.25) is 9.58 Å². The van der Waals surface area contributed by atoms with Crippen LogP contribution in [-0.4, -0.2) is 85.0 Å². The van der Waals surface area contributed by atoms with Gasteiger partial charge < -0.3 is 9.47 Å². The smallest absolute Gasteiger partial charge is 0.246 e. The van der Waals surface area contributed by atoms with Crippen LogP contribution in [0.5, 0.6) is 0 Å². The average Bonchev–Trinajstić information content (AvgIpc) is 2.95. The van der Waals surface area contributed by atoms with Gasteiger partial charge in [-0.15, -0.1) is 0 Å². The van der Waals surface area contributed by atoms with Crippen LogP contribution in [0.1, 0.15) is 37.1 Å². The maximum Gasteiger partial charge on any atom is 0.246 e. The van der Waals surface area contributed by atoms with Gasteiger partial charge in [0, 0.05) is 45.9 Å². The molecule has 1 aromatic rings. The highest BCUT2D eigenvalue weighted by atomic mass is 32.2. The number of aryl methyl sites for hydroxylation is 2. The fourth-order valence-corrected chi connectivity index (χ4v) is 6.84. The second-order valence-electron chi connectivity index (χ2n) is 8.35. The van der Waals surface area contributed by atoms with Gasteiger partial charge in [0.15, 0.2) is 0 Å². The summed E-state index contributed by atoms with van der Waals surface area (Å²) in [7, 11) is -1.74. The number of hydrogen-bond donors (Lipinski definition) is 0. The van der Waals surface area contributed by atoms with Crippen molar-refractivity contribution in [1.82, 2.24) is 19.0 Å². The van der Waals surface area contributed by atoms with Crippen molar-refractivity contribution >= 4 is 10.0 Å². The highest BCUT2D eigenvalue weighted by molar-refractivity contribution is 7.89. The Balaban J connectivity index is 1.45. The second kappa shape index (κ2) is 7.68. The first-order valence-electron chi connectivity index (χ1n) is 10.3. The van der Waals surface area contributed by atoms with E-state index in [4.69, 9.17) is 9.47 Å². The number of ether oxygens (including phenoxy) is 2. The highest BCUT2D eigenvalue weighted by Gasteiger charge is 2.44. The Labute approximate surface area is 167 Å². The Hall–Kier alpha value is -1.00. The maximum atomic E-state index is 13.2. The van der Waals surface area contributed by atoms with Crippen LogP contribution in [0, 0.1) is 13.8 Å². The van der Waals surface area contributed by atoms with Crippen LogP contribution in [-0.2, 0) is 26.5 Å². The molecule has 28 heavy (non-hydrogen) atoms. The van der Waals surface area contributed by atoms with Crippen molar-refractivity contribution in [2.24, 2.45) is 7.05 Å². The second-order valence-corrected chi connectivity index (χ2v) is 10.2. The van der Waals surface area contributed by atoms with E-state index >= 15 is 0 Å². The van der Waals surface area contributed by atoms with E-state index in [1.807, 2.05) is 6.92 Å². The molecule has 1 atom stereocenters. The molecular weight excluding hydrogens is 380 g/mol. The summed E-state index contributed by atoms with van der Waals surface area (Å²) in [6.07, 6.45) is 3.56. The molecule has 1 aromatic heterocycles. The molecule has 3 saturated heterocycles. The molecule has 8 nitrogen and oxygen atoms in total. The van der Waals surface area contributed by atoms with E-state index in [1.165, 1.54) is 0 Å². The molecule has 0 saturated carbocycles. The molecule has 0 aliphatic carbocycles. The highest BCUT2D eigenvalue weighted by Crippen LogP contribution is 2.38. The molecule has 4 rings (SSSR count). The molecule has 0 aromatic carbocycles.